The van der Waals surface area contributed by atoms with Crippen molar-refractivity contribution in [2.24, 2.45) is 10.9 Å². The molecule has 0 spiro atoms. The maximum absolute atomic E-state index is 5.67. The Kier molecular flexibility index (Phi) is 8.77. The van der Waals surface area contributed by atoms with Crippen LogP contribution in [0.3, 0.4) is 0 Å². The van der Waals surface area contributed by atoms with Crippen LogP contribution in [0.15, 0.2) is 29.3 Å². The number of rotatable bonds is 11. The summed E-state index contributed by atoms with van der Waals surface area (Å²) in [4.78, 5) is 4.27. The minimum atomic E-state index is 0.248. The molecule has 2 rings (SSSR count). The molecule has 1 saturated carbocycles. The van der Waals surface area contributed by atoms with E-state index in [0.717, 1.165) is 44.6 Å². The summed E-state index contributed by atoms with van der Waals surface area (Å²) >= 11 is 0. The van der Waals surface area contributed by atoms with Crippen molar-refractivity contribution >= 4 is 5.96 Å². The first-order valence-corrected chi connectivity index (χ1v) is 9.39. The van der Waals surface area contributed by atoms with E-state index in [1.165, 1.54) is 24.0 Å². The third kappa shape index (κ3) is 8.89. The number of benzene rings is 1. The molecule has 0 aromatic heterocycles. The first-order valence-electron chi connectivity index (χ1n) is 9.39. The maximum Gasteiger partial charge on any atom is 0.191 e. The van der Waals surface area contributed by atoms with Crippen molar-refractivity contribution in [1.82, 2.24) is 10.6 Å². The smallest absolute Gasteiger partial charge is 0.191 e. The number of hydrogen-bond donors (Lipinski definition) is 2. The van der Waals surface area contributed by atoms with Crippen LogP contribution in [0.5, 0.6) is 0 Å². The van der Waals surface area contributed by atoms with E-state index in [0.29, 0.717) is 6.61 Å². The van der Waals surface area contributed by atoms with Gasteiger partial charge in [-0.2, -0.15) is 0 Å². The average Bonchev–Trinajstić information content (AvgIpc) is 3.43. The fraction of sp³-hybridized carbons (Fsp3) is 0.650. The summed E-state index contributed by atoms with van der Waals surface area (Å²) in [6.07, 6.45) is 3.94. The van der Waals surface area contributed by atoms with Gasteiger partial charge in [0.15, 0.2) is 5.96 Å². The van der Waals surface area contributed by atoms with Gasteiger partial charge in [-0.3, -0.25) is 4.99 Å². The Bertz CT molecular complexity index is 527. The summed E-state index contributed by atoms with van der Waals surface area (Å²) in [6.45, 7) is 8.12. The van der Waals surface area contributed by atoms with E-state index in [4.69, 9.17) is 9.47 Å². The van der Waals surface area contributed by atoms with Crippen LogP contribution in [0.25, 0.3) is 0 Å². The molecule has 0 amide bonds. The van der Waals surface area contributed by atoms with Crippen LogP contribution in [0.4, 0.5) is 0 Å². The summed E-state index contributed by atoms with van der Waals surface area (Å²) in [6, 6.07) is 8.46. The van der Waals surface area contributed by atoms with Gasteiger partial charge in [0.1, 0.15) is 0 Å². The lowest BCUT2D eigenvalue weighted by Gasteiger charge is -2.13. The third-order valence-electron chi connectivity index (χ3n) is 4.07. The van der Waals surface area contributed by atoms with Crippen molar-refractivity contribution in [3.8, 4) is 0 Å². The van der Waals surface area contributed by atoms with Gasteiger partial charge in [0, 0.05) is 33.4 Å². The van der Waals surface area contributed by atoms with Crippen molar-refractivity contribution in [3.63, 3.8) is 0 Å². The van der Waals surface area contributed by atoms with Gasteiger partial charge in [0.25, 0.3) is 0 Å². The van der Waals surface area contributed by atoms with E-state index < -0.39 is 0 Å². The Morgan fingerprint density at radius 1 is 1.24 bits per heavy atom. The van der Waals surface area contributed by atoms with E-state index in [1.807, 2.05) is 0 Å². The molecule has 0 atom stereocenters. The van der Waals surface area contributed by atoms with Crippen LogP contribution < -0.4 is 10.6 Å². The molecule has 1 aromatic carbocycles. The summed E-state index contributed by atoms with van der Waals surface area (Å²) < 4.78 is 11.3. The highest BCUT2D eigenvalue weighted by Crippen LogP contribution is 2.28. The second-order valence-corrected chi connectivity index (χ2v) is 6.90. The van der Waals surface area contributed by atoms with E-state index in [1.54, 1.807) is 7.05 Å². The van der Waals surface area contributed by atoms with Crippen LogP contribution in [-0.4, -0.2) is 38.9 Å². The second-order valence-electron chi connectivity index (χ2n) is 6.90. The van der Waals surface area contributed by atoms with Gasteiger partial charge in [0.05, 0.1) is 12.7 Å². The average molecular weight is 348 g/mol. The Morgan fingerprint density at radius 2 is 2.04 bits per heavy atom. The van der Waals surface area contributed by atoms with Gasteiger partial charge < -0.3 is 20.1 Å². The van der Waals surface area contributed by atoms with E-state index in [9.17, 15) is 0 Å². The van der Waals surface area contributed by atoms with E-state index >= 15 is 0 Å². The highest BCUT2D eigenvalue weighted by Gasteiger charge is 2.20. The van der Waals surface area contributed by atoms with Gasteiger partial charge in [-0.15, -0.1) is 0 Å². The monoisotopic (exact) mass is 347 g/mol. The summed E-state index contributed by atoms with van der Waals surface area (Å²) in [5, 5.41) is 6.69. The summed E-state index contributed by atoms with van der Waals surface area (Å²) in [7, 11) is 1.80. The zero-order valence-corrected chi connectivity index (χ0v) is 15.9. The number of ether oxygens (including phenoxy) is 2. The van der Waals surface area contributed by atoms with E-state index in [-0.39, 0.29) is 6.10 Å². The van der Waals surface area contributed by atoms with Crippen molar-refractivity contribution < 1.29 is 9.47 Å². The van der Waals surface area contributed by atoms with Crippen LogP contribution in [0.2, 0.25) is 0 Å². The van der Waals surface area contributed by atoms with Gasteiger partial charge in [-0.1, -0.05) is 24.3 Å². The van der Waals surface area contributed by atoms with Gasteiger partial charge in [-0.25, -0.2) is 0 Å². The Hall–Kier alpha value is -1.59. The fourth-order valence-corrected chi connectivity index (χ4v) is 2.41. The molecule has 1 aliphatic rings. The standard InChI is InChI=1S/C20H33N3O2/c1-16(2)25-15-19-7-4-6-18(12-19)13-23-20(21-3)22-10-5-11-24-14-17-8-9-17/h4,6-7,12,16-17H,5,8-11,13-15H2,1-3H3,(H2,21,22,23). The molecule has 0 bridgehead atoms. The van der Waals surface area contributed by atoms with Crippen LogP contribution in [0.1, 0.15) is 44.2 Å². The number of hydrogen-bond acceptors (Lipinski definition) is 3. The molecule has 5 nitrogen and oxygen atoms in total. The van der Waals surface area contributed by atoms with Gasteiger partial charge >= 0.3 is 0 Å². The molecular formula is C20H33N3O2. The second kappa shape index (κ2) is 11.1. The number of nitrogens with zero attached hydrogens (tertiary/aromatic N) is 1. The Morgan fingerprint density at radius 3 is 2.76 bits per heavy atom. The highest BCUT2D eigenvalue weighted by atomic mass is 16.5. The lowest BCUT2D eigenvalue weighted by Crippen LogP contribution is -2.37. The molecule has 2 N–H and O–H groups in total. The van der Waals surface area contributed by atoms with Crippen molar-refractivity contribution in [2.45, 2.75) is 52.4 Å². The summed E-state index contributed by atoms with van der Waals surface area (Å²) in [5.74, 6) is 1.66. The molecule has 140 valence electrons. The van der Waals surface area contributed by atoms with Crippen LogP contribution >= 0.6 is 0 Å². The summed E-state index contributed by atoms with van der Waals surface area (Å²) in [5.41, 5.74) is 2.42. The molecule has 0 saturated heterocycles. The van der Waals surface area contributed by atoms with Crippen molar-refractivity contribution in [1.29, 1.82) is 0 Å². The lowest BCUT2D eigenvalue weighted by atomic mass is 10.1. The molecule has 0 aliphatic heterocycles. The minimum absolute atomic E-state index is 0.248. The normalized spacial score (nSPS) is 14.8. The van der Waals surface area contributed by atoms with Crippen LogP contribution in [0, 0.1) is 5.92 Å². The lowest BCUT2D eigenvalue weighted by molar-refractivity contribution is 0.0657. The maximum atomic E-state index is 5.67. The fourth-order valence-electron chi connectivity index (χ4n) is 2.41. The van der Waals surface area contributed by atoms with Gasteiger partial charge in [0.2, 0.25) is 0 Å². The molecule has 0 heterocycles. The molecule has 1 aliphatic carbocycles. The van der Waals surface area contributed by atoms with Crippen molar-refractivity contribution in [2.75, 3.05) is 26.8 Å². The largest absolute Gasteiger partial charge is 0.381 e. The SMILES string of the molecule is CN=C(NCCCOCC1CC1)NCc1cccc(COC(C)C)c1. The van der Waals surface area contributed by atoms with E-state index in [2.05, 4.69) is 53.7 Å². The third-order valence-corrected chi connectivity index (χ3v) is 4.07. The molecular weight excluding hydrogens is 314 g/mol. The quantitative estimate of drug-likeness (QED) is 0.367. The molecule has 1 aromatic rings. The predicted molar refractivity (Wildman–Crippen MR) is 103 cm³/mol. The molecule has 0 radical (unpaired) electrons. The number of guanidine groups is 1. The van der Waals surface area contributed by atoms with Crippen LogP contribution in [-0.2, 0) is 22.6 Å². The van der Waals surface area contributed by atoms with Gasteiger partial charge in [-0.05, 0) is 50.2 Å². The Balaban J connectivity index is 1.62. The number of aliphatic imine (C=N–C) groups is 1. The minimum Gasteiger partial charge on any atom is -0.381 e. The predicted octanol–water partition coefficient (Wildman–Crippen LogP) is 3.09. The zero-order valence-electron chi connectivity index (χ0n) is 15.9. The highest BCUT2D eigenvalue weighted by molar-refractivity contribution is 5.79. The first-order chi connectivity index (χ1) is 12.2. The molecule has 25 heavy (non-hydrogen) atoms. The zero-order chi connectivity index (χ0) is 17.9. The van der Waals surface area contributed by atoms with Crippen molar-refractivity contribution in [3.05, 3.63) is 35.4 Å². The molecule has 5 heteroatoms. The number of nitrogens with one attached hydrogen (secondary N) is 2. The molecule has 0 unspecified atom stereocenters. The topological polar surface area (TPSA) is 54.9 Å². The molecule has 1 fully saturated rings. The first kappa shape index (κ1) is 19.7. The Labute approximate surface area is 152 Å².